The molecule has 4 aliphatic rings. The van der Waals surface area contributed by atoms with E-state index in [0.29, 0.717) is 44.7 Å². The number of carbonyl (C=O) groups is 4. The highest BCUT2D eigenvalue weighted by Crippen LogP contribution is 2.37. The van der Waals surface area contributed by atoms with Crippen molar-refractivity contribution in [1.82, 2.24) is 10.2 Å². The molecule has 2 fully saturated rings. The number of amides is 2. The van der Waals surface area contributed by atoms with Gasteiger partial charge >= 0.3 is 11.9 Å². The van der Waals surface area contributed by atoms with E-state index in [-0.39, 0.29) is 44.3 Å². The summed E-state index contributed by atoms with van der Waals surface area (Å²) >= 11 is 0. The molecule has 2 amide bonds. The van der Waals surface area contributed by atoms with E-state index >= 15 is 0 Å². The fourth-order valence-electron chi connectivity index (χ4n) is 10.1. The third-order valence-corrected chi connectivity index (χ3v) is 13.8. The standard InChI is InChI=1S/C28H33N3O4.C27H31N3O4/c1-30(13-12-28(33)34)18-27(32)31-14-11-22-16-24(8-10-26(22)31)35-19-20-7-9-25(23(15-20)17-29)21-5-3-2-4-6-21;28-16-22-14-19(6-8-24(22)20-4-2-1-3-5-20)18-34-23-7-9-25-21(15-23)11-13-30(25)26(31)17-29-12-10-27(32)33/h7-10,15-16,21H,2-6,11-14,18-19H2,1H3,(H,33,34);6-9,14-15,20,29H,1-5,10-13,17-18H2,(H,32,33). The molecule has 0 spiro atoms. The van der Waals surface area contributed by atoms with Crippen LogP contribution in [0.2, 0.25) is 0 Å². The number of rotatable bonds is 18. The maximum Gasteiger partial charge on any atom is 0.304 e. The van der Waals surface area contributed by atoms with Crippen molar-refractivity contribution in [3.63, 3.8) is 0 Å². The van der Waals surface area contributed by atoms with E-state index in [1.54, 1.807) is 21.7 Å². The van der Waals surface area contributed by atoms with Crippen LogP contribution in [0.15, 0.2) is 72.8 Å². The van der Waals surface area contributed by atoms with Gasteiger partial charge in [-0.3, -0.25) is 24.1 Å². The molecule has 14 heteroatoms. The van der Waals surface area contributed by atoms with E-state index in [2.05, 4.69) is 41.7 Å². The van der Waals surface area contributed by atoms with Crippen molar-refractivity contribution < 1.29 is 38.9 Å². The Labute approximate surface area is 405 Å². The Morgan fingerprint density at radius 1 is 0.652 bits per heavy atom. The summed E-state index contributed by atoms with van der Waals surface area (Å²) in [5.74, 6) is 0.609. The molecule has 2 saturated carbocycles. The van der Waals surface area contributed by atoms with Gasteiger partial charge in [0.1, 0.15) is 24.7 Å². The Bertz CT molecular complexity index is 2550. The Hall–Kier alpha value is -6.74. The molecule has 8 rings (SSSR count). The summed E-state index contributed by atoms with van der Waals surface area (Å²) in [6.45, 7) is 2.88. The number of hydrogen-bond donors (Lipinski definition) is 3. The summed E-state index contributed by atoms with van der Waals surface area (Å²) in [7, 11) is 1.76. The molecule has 2 heterocycles. The number of aliphatic carboxylic acids is 2. The van der Waals surface area contributed by atoms with Crippen LogP contribution in [-0.4, -0.2) is 85.2 Å². The number of carboxylic acid groups (broad SMARTS) is 2. The lowest BCUT2D eigenvalue weighted by atomic mass is 9.82. The topological polar surface area (TPSA) is 197 Å². The maximum atomic E-state index is 12.7. The minimum absolute atomic E-state index is 0.0102. The van der Waals surface area contributed by atoms with Gasteiger partial charge in [0.15, 0.2) is 0 Å². The number of benzene rings is 4. The number of ether oxygens (including phenoxy) is 2. The van der Waals surface area contributed by atoms with Crippen molar-refractivity contribution in [2.75, 3.05) is 56.1 Å². The highest BCUT2D eigenvalue weighted by molar-refractivity contribution is 5.97. The second-order valence-corrected chi connectivity index (χ2v) is 18.7. The van der Waals surface area contributed by atoms with Gasteiger partial charge in [0, 0.05) is 37.6 Å². The van der Waals surface area contributed by atoms with Crippen molar-refractivity contribution in [3.05, 3.63) is 117 Å². The predicted octanol–water partition coefficient (Wildman–Crippen LogP) is 8.62. The van der Waals surface area contributed by atoms with Crippen LogP contribution in [0.5, 0.6) is 11.5 Å². The zero-order valence-electron chi connectivity index (χ0n) is 39.7. The predicted molar refractivity (Wildman–Crippen MR) is 263 cm³/mol. The van der Waals surface area contributed by atoms with Gasteiger partial charge in [0.2, 0.25) is 11.8 Å². The van der Waals surface area contributed by atoms with Crippen LogP contribution in [0.25, 0.3) is 0 Å². The molecular formula is C55H64N6O8. The lowest BCUT2D eigenvalue weighted by Crippen LogP contribution is -2.38. The largest absolute Gasteiger partial charge is 0.489 e. The van der Waals surface area contributed by atoms with Crippen LogP contribution in [0.4, 0.5) is 11.4 Å². The number of hydrogen-bond acceptors (Lipinski definition) is 10. The molecule has 2 aliphatic heterocycles. The molecule has 4 aromatic rings. The zero-order valence-corrected chi connectivity index (χ0v) is 39.7. The first-order valence-corrected chi connectivity index (χ1v) is 24.5. The third kappa shape index (κ3) is 13.7. The third-order valence-electron chi connectivity index (χ3n) is 13.8. The van der Waals surface area contributed by atoms with Gasteiger partial charge in [-0.1, -0.05) is 62.8 Å². The molecule has 0 aromatic heterocycles. The molecule has 0 atom stereocenters. The van der Waals surface area contributed by atoms with Crippen molar-refractivity contribution in [2.24, 2.45) is 0 Å². The molecule has 0 radical (unpaired) electrons. The maximum absolute atomic E-state index is 12.7. The lowest BCUT2D eigenvalue weighted by molar-refractivity contribution is -0.138. The first-order chi connectivity index (χ1) is 33.5. The summed E-state index contributed by atoms with van der Waals surface area (Å²) in [5.41, 5.74) is 9.69. The molecular weight excluding hydrogens is 873 g/mol. The number of anilines is 2. The number of carboxylic acids is 2. The molecule has 69 heavy (non-hydrogen) atoms. The minimum Gasteiger partial charge on any atom is -0.489 e. The Balaban J connectivity index is 0.000000204. The van der Waals surface area contributed by atoms with Gasteiger partial charge in [-0.15, -0.1) is 0 Å². The smallest absolute Gasteiger partial charge is 0.304 e. The number of likely N-dealkylation sites (N-methyl/N-ethyl adjacent to an activating group) is 1. The Kier molecular flexibility index (Phi) is 17.8. The van der Waals surface area contributed by atoms with Crippen molar-refractivity contribution in [3.8, 4) is 23.6 Å². The molecule has 0 bridgehead atoms. The SMILES string of the molecule is CN(CCC(=O)O)CC(=O)N1CCc2cc(OCc3ccc(C4CCCCC4)c(C#N)c3)ccc21.N#Cc1cc(COc2ccc3c(c2)CCN3C(=O)CNCCC(=O)O)ccc1C1CCCCC1. The monoisotopic (exact) mass is 936 g/mol. The van der Waals surface area contributed by atoms with Gasteiger partial charge in [-0.05, 0) is 139 Å². The molecule has 362 valence electrons. The lowest BCUT2D eigenvalue weighted by Gasteiger charge is -2.23. The van der Waals surface area contributed by atoms with Gasteiger partial charge < -0.3 is 34.8 Å². The van der Waals surface area contributed by atoms with Crippen molar-refractivity contribution in [1.29, 1.82) is 10.5 Å². The highest BCUT2D eigenvalue weighted by atomic mass is 16.5. The van der Waals surface area contributed by atoms with Crippen LogP contribution in [-0.2, 0) is 45.2 Å². The molecule has 2 aliphatic carbocycles. The number of nitrogens with one attached hydrogen (secondary N) is 1. The number of nitrogens with zero attached hydrogens (tertiary/aromatic N) is 5. The zero-order chi connectivity index (χ0) is 48.7. The van der Waals surface area contributed by atoms with E-state index in [1.807, 2.05) is 48.5 Å². The minimum atomic E-state index is -0.886. The van der Waals surface area contributed by atoms with E-state index < -0.39 is 11.9 Å². The van der Waals surface area contributed by atoms with Gasteiger partial charge in [-0.2, -0.15) is 10.5 Å². The summed E-state index contributed by atoms with van der Waals surface area (Å²) in [6.07, 6.45) is 13.7. The molecule has 0 saturated heterocycles. The second kappa shape index (κ2) is 24.5. The molecule has 14 nitrogen and oxygen atoms in total. The first kappa shape index (κ1) is 50.1. The Morgan fingerprint density at radius 2 is 1.13 bits per heavy atom. The van der Waals surface area contributed by atoms with Crippen LogP contribution in [0.3, 0.4) is 0 Å². The molecule has 3 N–H and O–H groups in total. The fraction of sp³-hybridized carbons (Fsp3) is 0.455. The molecule has 0 unspecified atom stereocenters. The van der Waals surface area contributed by atoms with E-state index in [0.717, 1.165) is 94.8 Å². The van der Waals surface area contributed by atoms with Crippen LogP contribution in [0, 0.1) is 22.7 Å². The average molecular weight is 937 g/mol. The van der Waals surface area contributed by atoms with Crippen LogP contribution >= 0.6 is 0 Å². The fourth-order valence-corrected chi connectivity index (χ4v) is 10.1. The summed E-state index contributed by atoms with van der Waals surface area (Å²) in [5, 5.41) is 39.8. The molecule has 4 aromatic carbocycles. The van der Waals surface area contributed by atoms with E-state index in [9.17, 15) is 29.7 Å². The summed E-state index contributed by atoms with van der Waals surface area (Å²) in [4.78, 5) is 51.8. The number of fused-ring (bicyclic) bond motifs is 2. The number of nitriles is 2. The quantitative estimate of drug-likeness (QED) is 0.0805. The van der Waals surface area contributed by atoms with Gasteiger partial charge in [-0.25, -0.2) is 0 Å². The second-order valence-electron chi connectivity index (χ2n) is 18.7. The van der Waals surface area contributed by atoms with E-state index in [1.165, 1.54) is 49.7 Å². The van der Waals surface area contributed by atoms with Crippen molar-refractivity contribution >= 4 is 35.1 Å². The summed E-state index contributed by atoms with van der Waals surface area (Å²) < 4.78 is 12.1. The number of carbonyl (C=O) groups excluding carboxylic acids is 2. The normalized spacial score (nSPS) is 15.6. The van der Waals surface area contributed by atoms with Gasteiger partial charge in [0.25, 0.3) is 0 Å². The average Bonchev–Trinajstić information content (AvgIpc) is 4.00. The van der Waals surface area contributed by atoms with Crippen LogP contribution < -0.4 is 24.6 Å². The van der Waals surface area contributed by atoms with E-state index in [4.69, 9.17) is 19.7 Å². The highest BCUT2D eigenvalue weighted by Gasteiger charge is 2.27. The van der Waals surface area contributed by atoms with Crippen molar-refractivity contribution in [2.45, 2.75) is 115 Å². The summed E-state index contributed by atoms with van der Waals surface area (Å²) in [6, 6.07) is 28.5. The van der Waals surface area contributed by atoms with Crippen LogP contribution in [0.1, 0.15) is 133 Å². The first-order valence-electron chi connectivity index (χ1n) is 24.5. The van der Waals surface area contributed by atoms with Gasteiger partial charge in [0.05, 0.1) is 49.2 Å². The Morgan fingerprint density at radius 3 is 1.59 bits per heavy atom.